The molecule has 0 aliphatic rings. The second-order valence-electron chi connectivity index (χ2n) is 5.33. The quantitative estimate of drug-likeness (QED) is 0.447. The monoisotopic (exact) mass is 358 g/mol. The maximum absolute atomic E-state index is 12.0. The molecule has 1 N–H and O–H groups in total. The van der Waals surface area contributed by atoms with E-state index in [1.165, 1.54) is 6.08 Å². The molecule has 130 valence electrons. The van der Waals surface area contributed by atoms with Gasteiger partial charge in [0.25, 0.3) is 5.91 Å². The van der Waals surface area contributed by atoms with Gasteiger partial charge in [0.1, 0.15) is 11.6 Å². The second-order valence-corrected chi connectivity index (χ2v) is 5.74. The number of carbonyl (C=O) groups is 1. The number of hydrogen-bond acceptors (Lipinski definition) is 4. The number of nitriles is 1. The molecule has 0 saturated heterocycles. The van der Waals surface area contributed by atoms with Gasteiger partial charge in [-0.2, -0.15) is 10.4 Å². The Labute approximate surface area is 151 Å². The van der Waals surface area contributed by atoms with E-state index in [1.54, 1.807) is 24.2 Å². The maximum atomic E-state index is 12.0. The van der Waals surface area contributed by atoms with Gasteiger partial charge in [0, 0.05) is 37.0 Å². The second kappa shape index (κ2) is 9.62. The first-order valence-corrected chi connectivity index (χ1v) is 8.16. The van der Waals surface area contributed by atoms with Gasteiger partial charge in [0.15, 0.2) is 0 Å². The van der Waals surface area contributed by atoms with Gasteiger partial charge in [-0.15, -0.1) is 0 Å². The molecule has 2 aromatic rings. The number of halogens is 1. The van der Waals surface area contributed by atoms with Crippen LogP contribution in [0.2, 0.25) is 5.02 Å². The van der Waals surface area contributed by atoms with Gasteiger partial charge >= 0.3 is 0 Å². The molecular weight excluding hydrogens is 340 g/mol. The molecule has 6 nitrogen and oxygen atoms in total. The topological polar surface area (TPSA) is 79.9 Å². The minimum atomic E-state index is -0.405. The lowest BCUT2D eigenvalue weighted by Gasteiger charge is -2.04. The average molecular weight is 359 g/mol. The highest BCUT2D eigenvalue weighted by atomic mass is 35.5. The summed E-state index contributed by atoms with van der Waals surface area (Å²) >= 11 is 6.14. The van der Waals surface area contributed by atoms with Crippen LogP contribution in [-0.4, -0.2) is 35.9 Å². The van der Waals surface area contributed by atoms with Crippen molar-refractivity contribution in [1.82, 2.24) is 15.1 Å². The van der Waals surface area contributed by atoms with Crippen LogP contribution in [0, 0.1) is 11.3 Å². The van der Waals surface area contributed by atoms with Crippen LogP contribution in [-0.2, 0) is 16.1 Å². The van der Waals surface area contributed by atoms with Crippen molar-refractivity contribution in [3.05, 3.63) is 58.4 Å². The van der Waals surface area contributed by atoms with Gasteiger partial charge in [0.05, 0.1) is 12.7 Å². The van der Waals surface area contributed by atoms with Crippen LogP contribution < -0.4 is 5.32 Å². The minimum Gasteiger partial charge on any atom is -0.385 e. The summed E-state index contributed by atoms with van der Waals surface area (Å²) in [6.07, 6.45) is 5.57. The number of rotatable bonds is 8. The van der Waals surface area contributed by atoms with Crippen molar-refractivity contribution in [3.63, 3.8) is 0 Å². The molecule has 0 saturated carbocycles. The zero-order chi connectivity index (χ0) is 18.1. The summed E-state index contributed by atoms with van der Waals surface area (Å²) in [5, 5.41) is 16.8. The van der Waals surface area contributed by atoms with E-state index in [0.29, 0.717) is 36.7 Å². The fourth-order valence-corrected chi connectivity index (χ4v) is 2.37. The Kier molecular flexibility index (Phi) is 7.20. The Morgan fingerprint density at radius 1 is 1.48 bits per heavy atom. The third-order valence-electron chi connectivity index (χ3n) is 3.43. The van der Waals surface area contributed by atoms with Crippen molar-refractivity contribution < 1.29 is 9.53 Å². The first-order chi connectivity index (χ1) is 12.1. The molecule has 0 atom stereocenters. The van der Waals surface area contributed by atoms with Gasteiger partial charge in [-0.05, 0) is 24.1 Å². The SMILES string of the molecule is COCCCNC(=O)C(C#N)=Cc1cnn(Cc2ccccc2Cl)c1. The number of amides is 1. The van der Waals surface area contributed by atoms with E-state index in [0.717, 1.165) is 5.56 Å². The van der Waals surface area contributed by atoms with Gasteiger partial charge < -0.3 is 10.1 Å². The number of aromatic nitrogens is 2. The number of benzene rings is 1. The Morgan fingerprint density at radius 3 is 3.00 bits per heavy atom. The summed E-state index contributed by atoms with van der Waals surface area (Å²) in [5.74, 6) is -0.405. The third-order valence-corrected chi connectivity index (χ3v) is 3.80. The summed E-state index contributed by atoms with van der Waals surface area (Å²) < 4.78 is 6.62. The van der Waals surface area contributed by atoms with Gasteiger partial charge in [0.2, 0.25) is 0 Å². The fraction of sp³-hybridized carbons (Fsp3) is 0.278. The van der Waals surface area contributed by atoms with Crippen molar-refractivity contribution in [2.24, 2.45) is 0 Å². The van der Waals surface area contributed by atoms with E-state index >= 15 is 0 Å². The largest absolute Gasteiger partial charge is 0.385 e. The molecular formula is C18H19ClN4O2. The van der Waals surface area contributed by atoms with Crippen LogP contribution in [0.5, 0.6) is 0 Å². The summed E-state index contributed by atoms with van der Waals surface area (Å²) in [4.78, 5) is 12.0. The molecule has 0 spiro atoms. The number of carbonyl (C=O) groups excluding carboxylic acids is 1. The highest BCUT2D eigenvalue weighted by Crippen LogP contribution is 2.16. The molecule has 0 unspecified atom stereocenters. The molecule has 0 radical (unpaired) electrons. The van der Waals surface area contributed by atoms with Crippen molar-refractivity contribution in [3.8, 4) is 6.07 Å². The number of nitrogens with one attached hydrogen (secondary N) is 1. The highest BCUT2D eigenvalue weighted by molar-refractivity contribution is 6.31. The van der Waals surface area contributed by atoms with Crippen LogP contribution >= 0.6 is 11.6 Å². The van der Waals surface area contributed by atoms with Crippen LogP contribution in [0.3, 0.4) is 0 Å². The molecule has 0 aliphatic heterocycles. The minimum absolute atomic E-state index is 0.0368. The molecule has 1 aromatic carbocycles. The molecule has 1 heterocycles. The van der Waals surface area contributed by atoms with Gasteiger partial charge in [-0.3, -0.25) is 9.48 Å². The smallest absolute Gasteiger partial charge is 0.261 e. The van der Waals surface area contributed by atoms with Crippen LogP contribution in [0.15, 0.2) is 42.2 Å². The number of methoxy groups -OCH3 is 1. The number of hydrogen-bond donors (Lipinski definition) is 1. The Hall–Kier alpha value is -2.62. The maximum Gasteiger partial charge on any atom is 0.261 e. The van der Waals surface area contributed by atoms with Crippen LogP contribution in [0.4, 0.5) is 0 Å². The van der Waals surface area contributed by atoms with Crippen molar-refractivity contribution >= 4 is 23.6 Å². The molecule has 0 fully saturated rings. The Balaban J connectivity index is 2.02. The molecule has 0 bridgehead atoms. The average Bonchev–Trinajstić information content (AvgIpc) is 3.05. The number of ether oxygens (including phenoxy) is 1. The van der Waals surface area contributed by atoms with E-state index in [4.69, 9.17) is 16.3 Å². The molecule has 1 amide bonds. The van der Waals surface area contributed by atoms with Crippen LogP contribution in [0.25, 0.3) is 6.08 Å². The lowest BCUT2D eigenvalue weighted by Crippen LogP contribution is -2.26. The first-order valence-electron chi connectivity index (χ1n) is 7.79. The van der Waals surface area contributed by atoms with E-state index < -0.39 is 5.91 Å². The summed E-state index contributed by atoms with van der Waals surface area (Å²) in [6.45, 7) is 1.52. The Bertz CT molecular complexity index is 792. The van der Waals surface area contributed by atoms with Crippen LogP contribution in [0.1, 0.15) is 17.5 Å². The van der Waals surface area contributed by atoms with E-state index in [9.17, 15) is 10.1 Å². The lowest BCUT2D eigenvalue weighted by molar-refractivity contribution is -0.117. The standard InChI is InChI=1S/C18H19ClN4O2/c1-25-8-4-7-21-18(24)16(10-20)9-14-11-22-23(12-14)13-15-5-2-3-6-17(15)19/h2-3,5-6,9,11-12H,4,7-8,13H2,1H3,(H,21,24). The van der Waals surface area contributed by atoms with E-state index in [2.05, 4.69) is 10.4 Å². The Morgan fingerprint density at radius 2 is 2.28 bits per heavy atom. The first kappa shape index (κ1) is 18.7. The highest BCUT2D eigenvalue weighted by Gasteiger charge is 2.09. The van der Waals surface area contributed by atoms with Crippen molar-refractivity contribution in [1.29, 1.82) is 5.26 Å². The molecule has 1 aromatic heterocycles. The normalized spacial score (nSPS) is 11.2. The van der Waals surface area contributed by atoms with Crippen molar-refractivity contribution in [2.75, 3.05) is 20.3 Å². The lowest BCUT2D eigenvalue weighted by atomic mass is 10.2. The molecule has 25 heavy (non-hydrogen) atoms. The zero-order valence-electron chi connectivity index (χ0n) is 13.9. The van der Waals surface area contributed by atoms with Gasteiger partial charge in [-0.25, -0.2) is 0 Å². The predicted octanol–water partition coefficient (Wildman–Crippen LogP) is 2.64. The number of nitrogens with zero attached hydrogens (tertiary/aromatic N) is 3. The summed E-state index contributed by atoms with van der Waals surface area (Å²) in [6, 6.07) is 9.44. The molecule has 0 aliphatic carbocycles. The molecule has 2 rings (SSSR count). The summed E-state index contributed by atoms with van der Waals surface area (Å²) in [7, 11) is 1.60. The fourth-order valence-electron chi connectivity index (χ4n) is 2.17. The van der Waals surface area contributed by atoms with E-state index in [-0.39, 0.29) is 5.57 Å². The van der Waals surface area contributed by atoms with Gasteiger partial charge in [-0.1, -0.05) is 29.8 Å². The van der Waals surface area contributed by atoms with Crippen molar-refractivity contribution in [2.45, 2.75) is 13.0 Å². The molecule has 7 heteroatoms. The summed E-state index contributed by atoms with van der Waals surface area (Å²) in [5.41, 5.74) is 1.66. The third kappa shape index (κ3) is 5.75. The zero-order valence-corrected chi connectivity index (χ0v) is 14.7. The van der Waals surface area contributed by atoms with E-state index in [1.807, 2.05) is 30.3 Å². The predicted molar refractivity (Wildman–Crippen MR) is 95.9 cm³/mol.